The molecule has 320 valence electrons. The van der Waals surface area contributed by atoms with Gasteiger partial charge in [-0.25, -0.2) is 15.0 Å². The molecule has 3 heterocycles. The Bertz CT molecular complexity index is 4170. The van der Waals surface area contributed by atoms with Crippen molar-refractivity contribution in [3.63, 3.8) is 0 Å². The van der Waals surface area contributed by atoms with Crippen molar-refractivity contribution in [1.82, 2.24) is 24.1 Å². The van der Waals surface area contributed by atoms with Crippen LogP contribution in [0.1, 0.15) is 22.3 Å². The Hall–Kier alpha value is -9.19. The van der Waals surface area contributed by atoms with E-state index in [4.69, 9.17) is 15.0 Å². The van der Waals surface area contributed by atoms with Gasteiger partial charge in [-0.05, 0) is 99.1 Å². The Balaban J connectivity index is 0.919. The van der Waals surface area contributed by atoms with E-state index in [-0.39, 0.29) is 0 Å². The summed E-state index contributed by atoms with van der Waals surface area (Å²) in [6.45, 7) is 0. The van der Waals surface area contributed by atoms with E-state index >= 15 is 0 Å². The summed E-state index contributed by atoms with van der Waals surface area (Å²) in [5.74, 6) is 1.85. The van der Waals surface area contributed by atoms with Crippen LogP contribution in [0.4, 0.5) is 0 Å². The van der Waals surface area contributed by atoms with E-state index in [1.165, 1.54) is 66.1 Å². The van der Waals surface area contributed by atoms with Crippen LogP contribution in [0.3, 0.4) is 0 Å². The van der Waals surface area contributed by atoms with Gasteiger partial charge in [0.25, 0.3) is 0 Å². The number of hydrogen-bond donors (Lipinski definition) is 0. The first-order valence-corrected chi connectivity index (χ1v) is 23.6. The lowest BCUT2D eigenvalue weighted by Crippen LogP contribution is -2.25. The number of aromatic nitrogens is 5. The lowest BCUT2D eigenvalue weighted by atomic mass is 9.70. The van der Waals surface area contributed by atoms with Gasteiger partial charge in [0, 0.05) is 49.6 Å². The second-order valence-electron chi connectivity index (χ2n) is 18.3. The smallest absolute Gasteiger partial charge is 0.164 e. The maximum Gasteiger partial charge on any atom is 0.164 e. The van der Waals surface area contributed by atoms with E-state index in [0.717, 1.165) is 50.1 Å². The summed E-state index contributed by atoms with van der Waals surface area (Å²) < 4.78 is 4.76. The molecule has 0 unspecified atom stereocenters. The molecule has 0 saturated carbocycles. The number of rotatable bonds is 5. The summed E-state index contributed by atoms with van der Waals surface area (Å²) >= 11 is 0. The van der Waals surface area contributed by atoms with Crippen LogP contribution in [0, 0.1) is 0 Å². The van der Waals surface area contributed by atoms with E-state index in [1.807, 2.05) is 18.2 Å². The Morgan fingerprint density at radius 2 is 0.652 bits per heavy atom. The quantitative estimate of drug-likeness (QED) is 0.173. The molecule has 5 heteroatoms. The second kappa shape index (κ2) is 14.4. The van der Waals surface area contributed by atoms with E-state index in [1.54, 1.807) is 0 Å². The molecule has 2 aliphatic carbocycles. The summed E-state index contributed by atoms with van der Waals surface area (Å²) in [4.78, 5) is 15.7. The third-order valence-corrected chi connectivity index (χ3v) is 14.8. The van der Waals surface area contributed by atoms with Gasteiger partial charge >= 0.3 is 0 Å². The molecule has 15 rings (SSSR count). The van der Waals surface area contributed by atoms with Crippen LogP contribution in [0.15, 0.2) is 237 Å². The van der Waals surface area contributed by atoms with Crippen LogP contribution in [0.2, 0.25) is 0 Å². The summed E-state index contributed by atoms with van der Waals surface area (Å²) in [6.07, 6.45) is 0. The molecule has 5 nitrogen and oxygen atoms in total. The maximum atomic E-state index is 5.30. The lowest BCUT2D eigenvalue weighted by molar-refractivity contribution is 0.795. The summed E-state index contributed by atoms with van der Waals surface area (Å²) in [6, 6.07) is 85.5. The molecule has 0 N–H and O–H groups in total. The first-order valence-electron chi connectivity index (χ1n) is 23.6. The van der Waals surface area contributed by atoms with Crippen molar-refractivity contribution < 1.29 is 0 Å². The minimum atomic E-state index is -0.424. The molecule has 13 aromatic rings. The van der Waals surface area contributed by atoms with Crippen molar-refractivity contribution in [2.45, 2.75) is 5.41 Å². The van der Waals surface area contributed by atoms with Crippen LogP contribution in [0.5, 0.6) is 0 Å². The highest BCUT2D eigenvalue weighted by atomic mass is 15.0. The number of fused-ring (bicyclic) bond motifs is 16. The van der Waals surface area contributed by atoms with Crippen molar-refractivity contribution in [3.8, 4) is 67.8 Å². The fourth-order valence-corrected chi connectivity index (χ4v) is 12.0. The molecule has 69 heavy (non-hydrogen) atoms. The molecule has 2 aliphatic rings. The Labute approximate surface area is 397 Å². The van der Waals surface area contributed by atoms with Gasteiger partial charge in [0.15, 0.2) is 17.5 Å². The Morgan fingerprint density at radius 1 is 0.261 bits per heavy atom. The Morgan fingerprint density at radius 3 is 1.17 bits per heavy atom. The number of hydrogen-bond acceptors (Lipinski definition) is 3. The molecule has 0 saturated heterocycles. The average molecular weight is 878 g/mol. The van der Waals surface area contributed by atoms with Gasteiger partial charge in [0.05, 0.1) is 27.5 Å². The topological polar surface area (TPSA) is 48.5 Å². The molecule has 0 fully saturated rings. The van der Waals surface area contributed by atoms with Gasteiger partial charge in [-0.1, -0.05) is 182 Å². The third kappa shape index (κ3) is 5.32. The highest BCUT2D eigenvalue weighted by molar-refractivity contribution is 6.13. The van der Waals surface area contributed by atoms with E-state index in [0.29, 0.717) is 17.5 Å². The third-order valence-electron chi connectivity index (χ3n) is 14.8. The molecule has 0 bridgehead atoms. The number of nitrogens with zero attached hydrogens (tertiary/aromatic N) is 5. The largest absolute Gasteiger partial charge is 0.309 e. The molecular weight excluding hydrogens is 839 g/mol. The first kappa shape index (κ1) is 38.0. The number of benzene rings is 10. The van der Waals surface area contributed by atoms with Crippen LogP contribution in [-0.2, 0) is 5.41 Å². The molecule has 3 aromatic heterocycles. The van der Waals surface area contributed by atoms with Crippen molar-refractivity contribution in [2.24, 2.45) is 0 Å². The molecule has 10 aromatic carbocycles. The lowest BCUT2D eigenvalue weighted by Gasteiger charge is -2.30. The second-order valence-corrected chi connectivity index (χ2v) is 18.3. The fraction of sp³-hybridized carbons (Fsp3) is 0.0156. The minimum absolute atomic E-state index is 0.424. The minimum Gasteiger partial charge on any atom is -0.309 e. The van der Waals surface area contributed by atoms with Gasteiger partial charge in [0.2, 0.25) is 0 Å². The van der Waals surface area contributed by atoms with Crippen LogP contribution in [-0.4, -0.2) is 24.1 Å². The predicted octanol–water partition coefficient (Wildman–Crippen LogP) is 15.4. The van der Waals surface area contributed by atoms with E-state index in [9.17, 15) is 0 Å². The highest BCUT2D eigenvalue weighted by Gasteiger charge is 2.51. The van der Waals surface area contributed by atoms with Crippen LogP contribution < -0.4 is 0 Å². The maximum absolute atomic E-state index is 5.30. The summed E-state index contributed by atoms with van der Waals surface area (Å²) in [7, 11) is 0. The zero-order valence-corrected chi connectivity index (χ0v) is 37.3. The fourth-order valence-electron chi connectivity index (χ4n) is 12.0. The SMILES string of the molecule is c1ccc(-c2nc(-c3cccc(-n4c5ccccc5c5ccccc54)c3)nc(-c3cccc(-n4c5ccccc5c5cc6c(cc54)-c4ccccc4C64c5ccccc5-c5ccccc54)c3)n2)cc1. The Kier molecular flexibility index (Phi) is 7.93. The predicted molar refractivity (Wildman–Crippen MR) is 281 cm³/mol. The van der Waals surface area contributed by atoms with Gasteiger partial charge in [-0.15, -0.1) is 0 Å². The van der Waals surface area contributed by atoms with Crippen molar-refractivity contribution >= 4 is 43.6 Å². The first-order chi connectivity index (χ1) is 34.2. The highest BCUT2D eigenvalue weighted by Crippen LogP contribution is 2.63. The van der Waals surface area contributed by atoms with Gasteiger partial charge < -0.3 is 9.13 Å². The van der Waals surface area contributed by atoms with Gasteiger partial charge in [-0.2, -0.15) is 0 Å². The average Bonchev–Trinajstić information content (AvgIpc) is 4.12. The molecule has 0 aliphatic heterocycles. The van der Waals surface area contributed by atoms with E-state index < -0.39 is 5.41 Å². The zero-order valence-electron chi connectivity index (χ0n) is 37.3. The monoisotopic (exact) mass is 877 g/mol. The van der Waals surface area contributed by atoms with Crippen LogP contribution in [0.25, 0.3) is 111 Å². The van der Waals surface area contributed by atoms with Crippen LogP contribution >= 0.6 is 0 Å². The van der Waals surface area contributed by atoms with Crippen molar-refractivity contribution in [2.75, 3.05) is 0 Å². The molecular formula is C64H39N5. The molecule has 1 spiro atoms. The van der Waals surface area contributed by atoms with Gasteiger partial charge in [-0.3, -0.25) is 0 Å². The molecule has 0 radical (unpaired) electrons. The van der Waals surface area contributed by atoms with Crippen molar-refractivity contribution in [3.05, 3.63) is 259 Å². The molecule has 0 amide bonds. The normalized spacial score (nSPS) is 13.0. The summed E-state index contributed by atoms with van der Waals surface area (Å²) in [5, 5.41) is 4.88. The van der Waals surface area contributed by atoms with E-state index in [2.05, 4.69) is 228 Å². The zero-order chi connectivity index (χ0) is 45.2. The van der Waals surface area contributed by atoms with Crippen molar-refractivity contribution in [1.29, 1.82) is 0 Å². The van der Waals surface area contributed by atoms with Gasteiger partial charge in [0.1, 0.15) is 0 Å². The standard InChI is InChI=1S/C64H39N5/c1-2-18-40(19-3-1)61-65-62(41-20-16-22-43(36-41)68-57-33-13-7-27-48(57)49-28-8-14-34-58(49)68)67-63(66-61)42-21-17-23-44(37-42)69-59-35-15-9-29-50(59)52-38-56-51(39-60(52)69)47-26-6-12-32-55(47)64(56)53-30-10-4-24-45(53)46-25-5-11-31-54(46)64/h1-39H. The number of para-hydroxylation sites is 3. The summed E-state index contributed by atoms with van der Waals surface area (Å²) in [5.41, 5.74) is 19.5. The molecule has 0 atom stereocenters.